The topological polar surface area (TPSA) is 80.7 Å². The molecule has 5 heteroatoms. The van der Waals surface area contributed by atoms with Gasteiger partial charge in [-0.3, -0.25) is 14.4 Å². The summed E-state index contributed by atoms with van der Waals surface area (Å²) in [5, 5.41) is 10.3. The predicted molar refractivity (Wildman–Crippen MR) is 152 cm³/mol. The average Bonchev–Trinajstić information content (AvgIpc) is 2.91. The summed E-state index contributed by atoms with van der Waals surface area (Å²) < 4.78 is 5.50. The summed E-state index contributed by atoms with van der Waals surface area (Å²) in [6.07, 6.45) is 8.09. The highest BCUT2D eigenvalue weighted by atomic mass is 16.5. The quantitative estimate of drug-likeness (QED) is 0.0949. The summed E-state index contributed by atoms with van der Waals surface area (Å²) in [4.78, 5) is 37.6. The smallest absolute Gasteiger partial charge is 0.311 e. The number of carbonyl (C=O) groups excluding carboxylic acids is 3. The van der Waals surface area contributed by atoms with E-state index in [1.54, 1.807) is 24.3 Å². The second kappa shape index (κ2) is 15.6. The second-order valence-corrected chi connectivity index (χ2v) is 11.7. The van der Waals surface area contributed by atoms with E-state index in [1.807, 2.05) is 64.1 Å². The third-order valence-electron chi connectivity index (χ3n) is 7.30. The molecule has 0 aliphatic carbocycles. The van der Waals surface area contributed by atoms with Crippen molar-refractivity contribution in [2.24, 2.45) is 10.8 Å². The summed E-state index contributed by atoms with van der Waals surface area (Å²) in [6.45, 7) is 7.85. The highest BCUT2D eigenvalue weighted by molar-refractivity contribution is 6.45. The van der Waals surface area contributed by atoms with Gasteiger partial charge in [0.15, 0.2) is 0 Å². The van der Waals surface area contributed by atoms with Gasteiger partial charge in [-0.05, 0) is 45.1 Å². The number of aliphatic hydroxyl groups is 1. The Hall–Kier alpha value is -2.79. The summed E-state index contributed by atoms with van der Waals surface area (Å²) in [7, 11) is 0. The molecule has 2 aromatic carbocycles. The third kappa shape index (κ3) is 10.9. The van der Waals surface area contributed by atoms with Crippen LogP contribution in [0.3, 0.4) is 0 Å². The maximum Gasteiger partial charge on any atom is 0.311 e. The largest absolute Gasteiger partial charge is 0.460 e. The van der Waals surface area contributed by atoms with Gasteiger partial charge in [-0.2, -0.15) is 0 Å². The number of ether oxygens (including phenoxy) is 1. The fourth-order valence-corrected chi connectivity index (χ4v) is 4.55. The Morgan fingerprint density at radius 1 is 0.711 bits per heavy atom. The Morgan fingerprint density at radius 2 is 1.21 bits per heavy atom. The number of ketones is 2. The molecule has 2 aromatic rings. The minimum absolute atomic E-state index is 0.171. The number of Topliss-reactive ketones (excluding diaryl/α,β-unsaturated/α-hetero) is 2. The first-order valence-corrected chi connectivity index (χ1v) is 14.1. The average molecular weight is 523 g/mol. The van der Waals surface area contributed by atoms with Crippen LogP contribution < -0.4 is 0 Å². The lowest BCUT2D eigenvalue weighted by Gasteiger charge is -2.22. The third-order valence-corrected chi connectivity index (χ3v) is 7.30. The zero-order valence-electron chi connectivity index (χ0n) is 23.7. The lowest BCUT2D eigenvalue weighted by atomic mass is 9.79. The van der Waals surface area contributed by atoms with Crippen LogP contribution in [0.25, 0.3) is 0 Å². The van der Waals surface area contributed by atoms with Crippen molar-refractivity contribution >= 4 is 17.5 Å². The van der Waals surface area contributed by atoms with Crippen molar-refractivity contribution in [1.29, 1.82) is 0 Å². The van der Waals surface area contributed by atoms with Crippen LogP contribution in [0.5, 0.6) is 0 Å². The van der Waals surface area contributed by atoms with Gasteiger partial charge in [0.05, 0.1) is 11.5 Å². The molecule has 0 bridgehead atoms. The number of unbranched alkanes of at least 4 members (excludes halogenated alkanes) is 4. The van der Waals surface area contributed by atoms with E-state index in [-0.39, 0.29) is 17.9 Å². The molecule has 0 radical (unpaired) electrons. The summed E-state index contributed by atoms with van der Waals surface area (Å²) in [6, 6.07) is 18.4. The highest BCUT2D eigenvalue weighted by Crippen LogP contribution is 2.28. The zero-order valence-corrected chi connectivity index (χ0v) is 23.7. The predicted octanol–water partition coefficient (Wildman–Crippen LogP) is 7.50. The molecule has 1 N–H and O–H groups in total. The van der Waals surface area contributed by atoms with Gasteiger partial charge in [0.1, 0.15) is 6.61 Å². The number of hydrogen-bond acceptors (Lipinski definition) is 5. The molecule has 0 fully saturated rings. The van der Waals surface area contributed by atoms with Gasteiger partial charge in [0, 0.05) is 11.0 Å². The van der Waals surface area contributed by atoms with Crippen LogP contribution >= 0.6 is 0 Å². The van der Waals surface area contributed by atoms with E-state index < -0.39 is 16.6 Å². The SMILES string of the molecule is CC(C)(CCCCCC(O)CCCCCC(C)(C)C(=O)C(=O)c1ccccc1)C(=O)OCc1ccccc1. The minimum atomic E-state index is -0.687. The Labute approximate surface area is 229 Å². The van der Waals surface area contributed by atoms with Crippen LogP contribution in [0.15, 0.2) is 60.7 Å². The maximum absolute atomic E-state index is 12.7. The van der Waals surface area contributed by atoms with Crippen LogP contribution in [0.1, 0.15) is 108 Å². The van der Waals surface area contributed by atoms with Gasteiger partial charge in [-0.25, -0.2) is 0 Å². The number of hydrogen-bond donors (Lipinski definition) is 1. The lowest BCUT2D eigenvalue weighted by Crippen LogP contribution is -2.31. The maximum atomic E-state index is 12.7. The second-order valence-electron chi connectivity index (χ2n) is 11.7. The van der Waals surface area contributed by atoms with Crippen molar-refractivity contribution in [3.8, 4) is 0 Å². The number of rotatable bonds is 18. The molecule has 0 aromatic heterocycles. The highest BCUT2D eigenvalue weighted by Gasteiger charge is 2.33. The van der Waals surface area contributed by atoms with E-state index >= 15 is 0 Å². The normalized spacial score (nSPS) is 12.7. The summed E-state index contributed by atoms with van der Waals surface area (Å²) in [5.74, 6) is -0.925. The zero-order chi connectivity index (χ0) is 28.0. The standard InChI is InChI=1S/C33H46O5/c1-32(2,30(36)29(35)27-19-11-6-12-20-27)23-15-7-13-21-28(34)22-14-8-16-24-33(3,4)31(37)38-25-26-17-9-5-10-18-26/h5-6,9-12,17-20,28,34H,7-8,13-16,21-25H2,1-4H3. The molecule has 2 rings (SSSR count). The Kier molecular flexibility index (Phi) is 12.9. The van der Waals surface area contributed by atoms with E-state index in [4.69, 9.17) is 4.74 Å². The molecule has 0 saturated carbocycles. The van der Waals surface area contributed by atoms with Crippen LogP contribution in [0, 0.1) is 10.8 Å². The molecule has 5 nitrogen and oxygen atoms in total. The van der Waals surface area contributed by atoms with Gasteiger partial charge < -0.3 is 9.84 Å². The molecule has 0 spiro atoms. The fraction of sp³-hybridized carbons (Fsp3) is 0.545. The van der Waals surface area contributed by atoms with Gasteiger partial charge in [0.2, 0.25) is 11.6 Å². The van der Waals surface area contributed by atoms with E-state index in [1.165, 1.54) is 0 Å². The molecule has 38 heavy (non-hydrogen) atoms. The summed E-state index contributed by atoms with van der Waals surface area (Å²) >= 11 is 0. The van der Waals surface area contributed by atoms with Crippen molar-refractivity contribution in [2.45, 2.75) is 105 Å². The molecule has 0 aliphatic heterocycles. The summed E-state index contributed by atoms with van der Waals surface area (Å²) in [5.41, 5.74) is 0.225. The van der Waals surface area contributed by atoms with Gasteiger partial charge >= 0.3 is 5.97 Å². The number of carbonyl (C=O) groups is 3. The van der Waals surface area contributed by atoms with Gasteiger partial charge in [-0.15, -0.1) is 0 Å². The van der Waals surface area contributed by atoms with E-state index in [0.717, 1.165) is 63.4 Å². The van der Waals surface area contributed by atoms with E-state index in [0.29, 0.717) is 18.6 Å². The van der Waals surface area contributed by atoms with E-state index in [2.05, 4.69) is 0 Å². The van der Waals surface area contributed by atoms with Crippen molar-refractivity contribution in [3.05, 3.63) is 71.8 Å². The van der Waals surface area contributed by atoms with E-state index in [9.17, 15) is 19.5 Å². The molecular weight excluding hydrogens is 476 g/mol. The molecular formula is C33H46O5. The van der Waals surface area contributed by atoms with Crippen molar-refractivity contribution < 1.29 is 24.2 Å². The lowest BCUT2D eigenvalue weighted by molar-refractivity contribution is -0.155. The van der Waals surface area contributed by atoms with Crippen molar-refractivity contribution in [1.82, 2.24) is 0 Å². The Bertz CT molecular complexity index is 995. The first-order valence-electron chi connectivity index (χ1n) is 14.1. The Morgan fingerprint density at radius 3 is 1.76 bits per heavy atom. The fourth-order valence-electron chi connectivity index (χ4n) is 4.55. The first-order chi connectivity index (χ1) is 18.0. The van der Waals surface area contributed by atoms with Crippen molar-refractivity contribution in [3.63, 3.8) is 0 Å². The van der Waals surface area contributed by atoms with Gasteiger partial charge in [-0.1, -0.05) is 113 Å². The number of esters is 1. The van der Waals surface area contributed by atoms with Crippen LogP contribution in [0.2, 0.25) is 0 Å². The molecule has 0 saturated heterocycles. The molecule has 1 atom stereocenters. The van der Waals surface area contributed by atoms with Gasteiger partial charge in [0.25, 0.3) is 0 Å². The first kappa shape index (κ1) is 31.4. The molecule has 1 unspecified atom stereocenters. The Balaban J connectivity index is 1.55. The van der Waals surface area contributed by atoms with Crippen LogP contribution in [0.4, 0.5) is 0 Å². The number of benzene rings is 2. The monoisotopic (exact) mass is 522 g/mol. The number of aliphatic hydroxyl groups excluding tert-OH is 1. The van der Waals surface area contributed by atoms with Crippen molar-refractivity contribution in [2.75, 3.05) is 0 Å². The molecule has 0 aliphatic rings. The molecule has 208 valence electrons. The van der Waals surface area contributed by atoms with Crippen LogP contribution in [-0.4, -0.2) is 28.7 Å². The molecule has 0 heterocycles. The van der Waals surface area contributed by atoms with Crippen LogP contribution in [-0.2, 0) is 20.9 Å². The molecule has 0 amide bonds. The minimum Gasteiger partial charge on any atom is -0.460 e.